The Hall–Kier alpha value is -1.86. The number of hydrogen-bond donors (Lipinski definition) is 1. The highest BCUT2D eigenvalue weighted by Crippen LogP contribution is 2.31. The van der Waals surface area contributed by atoms with Crippen molar-refractivity contribution in [3.05, 3.63) is 18.2 Å². The Bertz CT molecular complexity index is 760. The van der Waals surface area contributed by atoms with Gasteiger partial charge in [0.25, 0.3) is 0 Å². The minimum Gasteiger partial charge on any atom is -0.497 e. The molecule has 0 aliphatic carbocycles. The molecular formula is C19H28N4O2S. The highest BCUT2D eigenvalue weighted by Gasteiger charge is 2.22. The van der Waals surface area contributed by atoms with Gasteiger partial charge in [0.15, 0.2) is 5.13 Å². The molecule has 1 aliphatic rings. The third-order valence-corrected chi connectivity index (χ3v) is 5.70. The van der Waals surface area contributed by atoms with E-state index in [1.165, 1.54) is 0 Å². The standard InChI is InChI=1S/C19H28N4O2S/c1-19(2,3)17(24)20-7-8-22-9-11-23(12-10-22)18-21-15-6-5-14(25-4)13-16(15)26-18/h5-6,13H,7-12H2,1-4H3,(H,20,24). The molecule has 26 heavy (non-hydrogen) atoms. The number of nitrogens with one attached hydrogen (secondary N) is 1. The van der Waals surface area contributed by atoms with Crippen LogP contribution in [-0.4, -0.2) is 62.2 Å². The lowest BCUT2D eigenvalue weighted by molar-refractivity contribution is -0.128. The van der Waals surface area contributed by atoms with Gasteiger partial charge in [-0.2, -0.15) is 0 Å². The summed E-state index contributed by atoms with van der Waals surface area (Å²) in [6.07, 6.45) is 0. The maximum atomic E-state index is 11.9. The first kappa shape index (κ1) is 18.9. The largest absolute Gasteiger partial charge is 0.497 e. The van der Waals surface area contributed by atoms with Crippen molar-refractivity contribution >= 4 is 32.6 Å². The van der Waals surface area contributed by atoms with Crippen LogP contribution >= 0.6 is 11.3 Å². The van der Waals surface area contributed by atoms with Crippen LogP contribution in [0.15, 0.2) is 18.2 Å². The summed E-state index contributed by atoms with van der Waals surface area (Å²) in [7, 11) is 1.69. The minimum absolute atomic E-state index is 0.112. The molecule has 1 aliphatic heterocycles. The van der Waals surface area contributed by atoms with Gasteiger partial charge in [-0.3, -0.25) is 9.69 Å². The van der Waals surface area contributed by atoms with E-state index >= 15 is 0 Å². The number of hydrogen-bond acceptors (Lipinski definition) is 6. The van der Waals surface area contributed by atoms with Gasteiger partial charge in [-0.1, -0.05) is 32.1 Å². The number of ether oxygens (including phenoxy) is 1. The fraction of sp³-hybridized carbons (Fsp3) is 0.579. The smallest absolute Gasteiger partial charge is 0.225 e. The second-order valence-electron chi connectivity index (χ2n) is 7.66. The highest BCUT2D eigenvalue weighted by molar-refractivity contribution is 7.22. The van der Waals surface area contributed by atoms with E-state index < -0.39 is 0 Å². The molecule has 6 nitrogen and oxygen atoms in total. The minimum atomic E-state index is -0.325. The Morgan fingerprint density at radius 1 is 1.27 bits per heavy atom. The molecule has 1 aromatic heterocycles. The number of fused-ring (bicyclic) bond motifs is 1. The SMILES string of the molecule is COc1ccc2nc(N3CCN(CCNC(=O)C(C)(C)C)CC3)sc2c1. The van der Waals surface area contributed by atoms with Gasteiger partial charge in [0.05, 0.1) is 17.3 Å². The third-order valence-electron chi connectivity index (χ3n) is 4.62. The number of thiazole rings is 1. The normalized spacial score (nSPS) is 16.1. The van der Waals surface area contributed by atoms with Crippen LogP contribution in [0, 0.1) is 5.41 Å². The first-order valence-corrected chi connectivity index (χ1v) is 9.88. The van der Waals surface area contributed by atoms with E-state index in [9.17, 15) is 4.79 Å². The fourth-order valence-electron chi connectivity index (χ4n) is 2.91. The molecule has 1 aromatic carbocycles. The van der Waals surface area contributed by atoms with Crippen molar-refractivity contribution in [1.82, 2.24) is 15.2 Å². The first-order valence-electron chi connectivity index (χ1n) is 9.07. The predicted octanol–water partition coefficient (Wildman–Crippen LogP) is 2.59. The van der Waals surface area contributed by atoms with Gasteiger partial charge < -0.3 is 15.0 Å². The van der Waals surface area contributed by atoms with Crippen LogP contribution in [0.2, 0.25) is 0 Å². The van der Waals surface area contributed by atoms with Crippen LogP contribution in [0.25, 0.3) is 10.2 Å². The number of aromatic nitrogens is 1. The third kappa shape index (κ3) is 4.45. The molecule has 142 valence electrons. The van der Waals surface area contributed by atoms with E-state index in [-0.39, 0.29) is 11.3 Å². The van der Waals surface area contributed by atoms with E-state index in [2.05, 4.69) is 15.1 Å². The van der Waals surface area contributed by atoms with Gasteiger partial charge in [-0.15, -0.1) is 0 Å². The number of carbonyl (C=O) groups excluding carboxylic acids is 1. The predicted molar refractivity (Wildman–Crippen MR) is 107 cm³/mol. The van der Waals surface area contributed by atoms with Gasteiger partial charge in [0.1, 0.15) is 5.75 Å². The molecule has 0 unspecified atom stereocenters. The molecule has 0 spiro atoms. The molecule has 2 aromatic rings. The molecule has 1 fully saturated rings. The molecule has 0 bridgehead atoms. The van der Waals surface area contributed by atoms with Gasteiger partial charge in [-0.05, 0) is 18.2 Å². The lowest BCUT2D eigenvalue weighted by Crippen LogP contribution is -2.49. The second kappa shape index (κ2) is 7.80. The molecule has 0 radical (unpaired) electrons. The Morgan fingerprint density at radius 2 is 2.00 bits per heavy atom. The van der Waals surface area contributed by atoms with E-state index in [1.54, 1.807) is 18.4 Å². The lowest BCUT2D eigenvalue weighted by atomic mass is 9.96. The first-order chi connectivity index (χ1) is 12.4. The van der Waals surface area contributed by atoms with Crippen molar-refractivity contribution in [2.45, 2.75) is 20.8 Å². The fourth-order valence-corrected chi connectivity index (χ4v) is 3.96. The second-order valence-corrected chi connectivity index (χ2v) is 8.67. The molecule has 7 heteroatoms. The summed E-state index contributed by atoms with van der Waals surface area (Å²) in [4.78, 5) is 21.4. The quantitative estimate of drug-likeness (QED) is 0.869. The summed E-state index contributed by atoms with van der Waals surface area (Å²) < 4.78 is 6.45. The Kier molecular flexibility index (Phi) is 5.67. The zero-order valence-corrected chi connectivity index (χ0v) is 16.9. The van der Waals surface area contributed by atoms with Crippen molar-refractivity contribution in [3.8, 4) is 5.75 Å². The van der Waals surface area contributed by atoms with Crippen LogP contribution in [0.5, 0.6) is 5.75 Å². The molecule has 0 saturated carbocycles. The number of nitrogens with zero attached hydrogens (tertiary/aromatic N) is 3. The number of methoxy groups -OCH3 is 1. The van der Waals surface area contributed by atoms with Crippen LogP contribution < -0.4 is 15.0 Å². The van der Waals surface area contributed by atoms with E-state index in [1.807, 2.05) is 39.0 Å². The van der Waals surface area contributed by atoms with E-state index in [4.69, 9.17) is 9.72 Å². The zero-order valence-electron chi connectivity index (χ0n) is 16.0. The maximum Gasteiger partial charge on any atom is 0.225 e. The van der Waals surface area contributed by atoms with Crippen LogP contribution in [0.4, 0.5) is 5.13 Å². The van der Waals surface area contributed by atoms with E-state index in [0.29, 0.717) is 6.54 Å². The van der Waals surface area contributed by atoms with Gasteiger partial charge in [0, 0.05) is 44.7 Å². The summed E-state index contributed by atoms with van der Waals surface area (Å²) in [5.74, 6) is 0.982. The molecule has 2 heterocycles. The number of rotatable bonds is 5. The lowest BCUT2D eigenvalue weighted by Gasteiger charge is -2.34. The van der Waals surface area contributed by atoms with Gasteiger partial charge in [-0.25, -0.2) is 4.98 Å². The van der Waals surface area contributed by atoms with Crippen LogP contribution in [0.1, 0.15) is 20.8 Å². The average Bonchev–Trinajstić information content (AvgIpc) is 3.04. The van der Waals surface area contributed by atoms with Crippen molar-refractivity contribution in [3.63, 3.8) is 0 Å². The number of amides is 1. The van der Waals surface area contributed by atoms with Crippen molar-refractivity contribution in [2.75, 3.05) is 51.3 Å². The molecule has 1 amide bonds. The number of carbonyl (C=O) groups is 1. The summed E-state index contributed by atoms with van der Waals surface area (Å²) in [6, 6.07) is 6.02. The number of anilines is 1. The number of benzene rings is 1. The van der Waals surface area contributed by atoms with Gasteiger partial charge >= 0.3 is 0 Å². The average molecular weight is 377 g/mol. The van der Waals surface area contributed by atoms with Crippen molar-refractivity contribution in [1.29, 1.82) is 0 Å². The molecule has 3 rings (SSSR count). The van der Waals surface area contributed by atoms with Crippen LogP contribution in [0.3, 0.4) is 0 Å². The van der Waals surface area contributed by atoms with Crippen molar-refractivity contribution < 1.29 is 9.53 Å². The Morgan fingerprint density at radius 3 is 2.65 bits per heavy atom. The zero-order chi connectivity index (χ0) is 18.7. The van der Waals surface area contributed by atoms with Crippen LogP contribution in [-0.2, 0) is 4.79 Å². The Balaban J connectivity index is 1.50. The monoisotopic (exact) mass is 376 g/mol. The summed E-state index contributed by atoms with van der Waals surface area (Å²) in [5, 5.41) is 4.10. The summed E-state index contributed by atoms with van der Waals surface area (Å²) in [6.45, 7) is 11.3. The van der Waals surface area contributed by atoms with E-state index in [0.717, 1.165) is 53.8 Å². The molecule has 1 N–H and O–H groups in total. The molecule has 1 saturated heterocycles. The summed E-state index contributed by atoms with van der Waals surface area (Å²) in [5.41, 5.74) is 0.701. The van der Waals surface area contributed by atoms with Gasteiger partial charge in [0.2, 0.25) is 5.91 Å². The summed E-state index contributed by atoms with van der Waals surface area (Å²) >= 11 is 1.72. The maximum absolute atomic E-state index is 11.9. The molecule has 0 atom stereocenters. The molecular weight excluding hydrogens is 348 g/mol. The Labute approximate surface area is 159 Å². The highest BCUT2D eigenvalue weighted by atomic mass is 32.1. The van der Waals surface area contributed by atoms with Crippen molar-refractivity contribution in [2.24, 2.45) is 5.41 Å². The number of piperazine rings is 1. The topological polar surface area (TPSA) is 57.7 Å².